The first-order valence-electron chi connectivity index (χ1n) is 6.30. The predicted molar refractivity (Wildman–Crippen MR) is 79.2 cm³/mol. The van der Waals surface area contributed by atoms with Crippen molar-refractivity contribution in [3.63, 3.8) is 0 Å². The van der Waals surface area contributed by atoms with Gasteiger partial charge >= 0.3 is 6.18 Å². The van der Waals surface area contributed by atoms with Crippen LogP contribution in [0.4, 0.5) is 18.9 Å². The number of benzene rings is 1. The number of aryl methyl sites for hydroxylation is 2. The van der Waals surface area contributed by atoms with Gasteiger partial charge in [-0.15, -0.1) is 0 Å². The summed E-state index contributed by atoms with van der Waals surface area (Å²) in [6, 6.07) is 3.56. The molecule has 0 fully saturated rings. The van der Waals surface area contributed by atoms with Crippen LogP contribution in [0.15, 0.2) is 22.7 Å². The van der Waals surface area contributed by atoms with Gasteiger partial charge in [0.15, 0.2) is 0 Å². The largest absolute Gasteiger partial charge is 0.416 e. The van der Waals surface area contributed by atoms with Gasteiger partial charge in [0.1, 0.15) is 0 Å². The summed E-state index contributed by atoms with van der Waals surface area (Å²) in [6.45, 7) is 4.38. The summed E-state index contributed by atoms with van der Waals surface area (Å²) >= 11 is 3.17. The number of halogens is 4. The van der Waals surface area contributed by atoms with Crippen molar-refractivity contribution < 1.29 is 13.2 Å². The third kappa shape index (κ3) is 3.40. The molecule has 3 nitrogen and oxygen atoms in total. The van der Waals surface area contributed by atoms with Gasteiger partial charge in [-0.3, -0.25) is 4.68 Å². The maximum atomic E-state index is 12.6. The van der Waals surface area contributed by atoms with Crippen molar-refractivity contribution in [2.75, 3.05) is 5.32 Å². The highest BCUT2D eigenvalue weighted by molar-refractivity contribution is 9.10. The Morgan fingerprint density at radius 2 is 1.95 bits per heavy atom. The second-order valence-corrected chi connectivity index (χ2v) is 5.67. The fraction of sp³-hybridized carbons (Fsp3) is 0.357. The molecule has 0 spiro atoms. The molecule has 114 valence electrons. The van der Waals surface area contributed by atoms with Gasteiger partial charge in [0, 0.05) is 35.0 Å². The van der Waals surface area contributed by atoms with E-state index in [9.17, 15) is 13.2 Å². The third-order valence-electron chi connectivity index (χ3n) is 3.41. The number of alkyl halides is 3. The molecule has 0 saturated heterocycles. The lowest BCUT2D eigenvalue weighted by atomic mass is 10.1. The van der Waals surface area contributed by atoms with Crippen LogP contribution in [0.3, 0.4) is 0 Å². The molecule has 0 radical (unpaired) electrons. The Hall–Kier alpha value is -1.50. The van der Waals surface area contributed by atoms with Crippen LogP contribution in [-0.2, 0) is 19.8 Å². The van der Waals surface area contributed by atoms with Crippen molar-refractivity contribution in [3.8, 4) is 0 Å². The lowest BCUT2D eigenvalue weighted by Gasteiger charge is -2.12. The van der Waals surface area contributed by atoms with E-state index in [1.807, 2.05) is 20.9 Å². The Kier molecular flexibility index (Phi) is 4.32. The highest BCUT2D eigenvalue weighted by Gasteiger charge is 2.30. The molecule has 1 aromatic heterocycles. The number of aromatic nitrogens is 2. The molecule has 0 atom stereocenters. The summed E-state index contributed by atoms with van der Waals surface area (Å²) in [4.78, 5) is 0. The van der Waals surface area contributed by atoms with Crippen molar-refractivity contribution in [3.05, 3.63) is 45.2 Å². The molecular formula is C14H15BrF3N3. The Bertz CT molecular complexity index is 662. The van der Waals surface area contributed by atoms with E-state index in [-0.39, 0.29) is 0 Å². The second-order valence-electron chi connectivity index (χ2n) is 4.82. The Balaban J connectivity index is 2.17. The van der Waals surface area contributed by atoms with E-state index in [0.717, 1.165) is 29.1 Å². The minimum atomic E-state index is -4.34. The smallest absolute Gasteiger partial charge is 0.380 e. The van der Waals surface area contributed by atoms with E-state index in [0.29, 0.717) is 16.7 Å². The molecule has 2 aromatic rings. The van der Waals surface area contributed by atoms with Crippen LogP contribution in [0.1, 0.15) is 22.5 Å². The molecule has 1 N–H and O–H groups in total. The number of hydrogen-bond acceptors (Lipinski definition) is 2. The molecular weight excluding hydrogens is 347 g/mol. The van der Waals surface area contributed by atoms with Crippen LogP contribution in [0.2, 0.25) is 0 Å². The summed E-state index contributed by atoms with van der Waals surface area (Å²) < 4.78 is 40.0. The highest BCUT2D eigenvalue weighted by atomic mass is 79.9. The zero-order valence-corrected chi connectivity index (χ0v) is 13.4. The van der Waals surface area contributed by atoms with Gasteiger partial charge in [0.2, 0.25) is 0 Å². The zero-order valence-electron chi connectivity index (χ0n) is 11.8. The van der Waals surface area contributed by atoms with Gasteiger partial charge < -0.3 is 5.32 Å². The molecule has 0 aliphatic rings. The minimum Gasteiger partial charge on any atom is -0.380 e. The average Bonchev–Trinajstić information content (AvgIpc) is 2.61. The topological polar surface area (TPSA) is 29.9 Å². The Labute approximate surface area is 129 Å². The van der Waals surface area contributed by atoms with E-state index < -0.39 is 11.7 Å². The number of nitrogens with zero attached hydrogens (tertiary/aromatic N) is 2. The van der Waals surface area contributed by atoms with Crippen LogP contribution >= 0.6 is 15.9 Å². The maximum absolute atomic E-state index is 12.6. The Morgan fingerprint density at radius 1 is 1.29 bits per heavy atom. The van der Waals surface area contributed by atoms with Crippen LogP contribution in [0.25, 0.3) is 0 Å². The average molecular weight is 362 g/mol. The molecule has 7 heteroatoms. The first-order valence-corrected chi connectivity index (χ1v) is 7.09. The summed E-state index contributed by atoms with van der Waals surface area (Å²) in [5.74, 6) is 0. The lowest BCUT2D eigenvalue weighted by Crippen LogP contribution is -2.07. The molecule has 1 aromatic carbocycles. The Morgan fingerprint density at radius 3 is 2.43 bits per heavy atom. The van der Waals surface area contributed by atoms with E-state index in [4.69, 9.17) is 0 Å². The van der Waals surface area contributed by atoms with E-state index in [2.05, 4.69) is 26.3 Å². The molecule has 0 unspecified atom stereocenters. The third-order valence-corrected chi connectivity index (χ3v) is 4.07. The molecule has 0 aliphatic carbocycles. The van der Waals surface area contributed by atoms with Crippen molar-refractivity contribution in [1.29, 1.82) is 0 Å². The second kappa shape index (κ2) is 5.71. The molecule has 1 heterocycles. The van der Waals surface area contributed by atoms with Gasteiger partial charge in [-0.05, 0) is 48.0 Å². The van der Waals surface area contributed by atoms with Crippen molar-refractivity contribution >= 4 is 21.6 Å². The van der Waals surface area contributed by atoms with Crippen LogP contribution in [-0.4, -0.2) is 9.78 Å². The lowest BCUT2D eigenvalue weighted by molar-refractivity contribution is -0.137. The van der Waals surface area contributed by atoms with Gasteiger partial charge in [-0.25, -0.2) is 0 Å². The molecule has 2 rings (SSSR count). The molecule has 21 heavy (non-hydrogen) atoms. The summed E-state index contributed by atoms with van der Waals surface area (Å²) in [5.41, 5.74) is 2.93. The van der Waals surface area contributed by atoms with Crippen LogP contribution in [0, 0.1) is 13.8 Å². The van der Waals surface area contributed by atoms with Gasteiger partial charge in [-0.2, -0.15) is 18.3 Å². The highest BCUT2D eigenvalue weighted by Crippen LogP contribution is 2.34. The summed E-state index contributed by atoms with van der Waals surface area (Å²) in [7, 11) is 1.86. The number of anilines is 1. The zero-order chi connectivity index (χ0) is 15.8. The molecule has 0 saturated carbocycles. The van der Waals surface area contributed by atoms with Gasteiger partial charge in [0.25, 0.3) is 0 Å². The van der Waals surface area contributed by atoms with E-state index >= 15 is 0 Å². The maximum Gasteiger partial charge on any atom is 0.416 e. The summed E-state index contributed by atoms with van der Waals surface area (Å²) in [5, 5.41) is 7.44. The standard InChI is InChI=1S/C14H15BrF3N3/c1-8-11(9(2)21(3)20-8)7-19-13-5-4-10(6-12(13)15)14(16,17)18/h4-6,19H,7H2,1-3H3. The fourth-order valence-corrected chi connectivity index (χ4v) is 2.61. The molecule has 0 amide bonds. The normalized spacial score (nSPS) is 11.8. The first-order chi connectivity index (χ1) is 9.70. The quantitative estimate of drug-likeness (QED) is 0.876. The molecule has 0 bridgehead atoms. The first kappa shape index (κ1) is 15.9. The van der Waals surface area contributed by atoms with Gasteiger partial charge in [-0.1, -0.05) is 0 Å². The molecule has 0 aliphatic heterocycles. The van der Waals surface area contributed by atoms with E-state index in [1.54, 1.807) is 4.68 Å². The monoisotopic (exact) mass is 361 g/mol. The van der Waals surface area contributed by atoms with Crippen molar-refractivity contribution in [1.82, 2.24) is 9.78 Å². The van der Waals surface area contributed by atoms with Crippen molar-refractivity contribution in [2.24, 2.45) is 7.05 Å². The number of nitrogens with one attached hydrogen (secondary N) is 1. The summed E-state index contributed by atoms with van der Waals surface area (Å²) in [6.07, 6.45) is -4.34. The fourth-order valence-electron chi connectivity index (χ4n) is 2.09. The van der Waals surface area contributed by atoms with Crippen molar-refractivity contribution in [2.45, 2.75) is 26.6 Å². The van der Waals surface area contributed by atoms with Crippen LogP contribution < -0.4 is 5.32 Å². The number of rotatable bonds is 3. The minimum absolute atomic E-state index is 0.386. The predicted octanol–water partition coefficient (Wildman–Crippen LogP) is 4.43. The number of hydrogen-bond donors (Lipinski definition) is 1. The van der Waals surface area contributed by atoms with Crippen LogP contribution in [0.5, 0.6) is 0 Å². The van der Waals surface area contributed by atoms with Gasteiger partial charge in [0.05, 0.1) is 11.3 Å². The van der Waals surface area contributed by atoms with E-state index in [1.165, 1.54) is 6.07 Å². The SMILES string of the molecule is Cc1nn(C)c(C)c1CNc1ccc(C(F)(F)F)cc1Br.